The van der Waals surface area contributed by atoms with Crippen molar-refractivity contribution in [2.45, 2.75) is 25.8 Å². The maximum atomic E-state index is 12.6. The normalized spacial score (nSPS) is 13.4. The van der Waals surface area contributed by atoms with Crippen molar-refractivity contribution in [1.29, 1.82) is 0 Å². The van der Waals surface area contributed by atoms with Crippen LogP contribution in [0.2, 0.25) is 0 Å². The lowest BCUT2D eigenvalue weighted by molar-refractivity contribution is -0.121. The Balaban J connectivity index is 1.44. The van der Waals surface area contributed by atoms with Crippen molar-refractivity contribution >= 4 is 5.91 Å². The minimum Gasteiger partial charge on any atom is -0.454 e. The molecular weight excluding hydrogens is 346 g/mol. The molecular formula is C20H19N3O4. The SMILES string of the molecule is Cc1nnc(C(CC(=O)NCc2ccc3c(c2)OCO3)c2ccccc2)o1. The van der Waals surface area contributed by atoms with Crippen LogP contribution in [0.5, 0.6) is 11.5 Å². The van der Waals surface area contributed by atoms with Gasteiger partial charge in [0.15, 0.2) is 11.5 Å². The van der Waals surface area contributed by atoms with Crippen molar-refractivity contribution in [2.24, 2.45) is 0 Å². The highest BCUT2D eigenvalue weighted by Gasteiger charge is 2.23. The molecule has 1 aliphatic rings. The Morgan fingerprint density at radius 3 is 2.70 bits per heavy atom. The van der Waals surface area contributed by atoms with Crippen LogP contribution in [0.1, 0.15) is 35.2 Å². The lowest BCUT2D eigenvalue weighted by atomic mass is 9.95. The predicted octanol–water partition coefficient (Wildman–Crippen LogP) is 2.95. The Labute approximate surface area is 156 Å². The summed E-state index contributed by atoms with van der Waals surface area (Å²) in [4.78, 5) is 12.6. The molecule has 7 heteroatoms. The molecule has 1 aliphatic heterocycles. The molecule has 1 N–H and O–H groups in total. The third-order valence-electron chi connectivity index (χ3n) is 4.36. The van der Waals surface area contributed by atoms with Crippen molar-refractivity contribution in [2.75, 3.05) is 6.79 Å². The van der Waals surface area contributed by atoms with E-state index in [2.05, 4.69) is 15.5 Å². The first-order chi connectivity index (χ1) is 13.2. The van der Waals surface area contributed by atoms with Crippen LogP contribution >= 0.6 is 0 Å². The Morgan fingerprint density at radius 2 is 1.93 bits per heavy atom. The van der Waals surface area contributed by atoms with Crippen LogP contribution in [0.25, 0.3) is 0 Å². The number of rotatable bonds is 6. The number of fused-ring (bicyclic) bond motifs is 1. The van der Waals surface area contributed by atoms with E-state index in [0.717, 1.165) is 16.9 Å². The molecule has 2 heterocycles. The first-order valence-corrected chi connectivity index (χ1v) is 8.69. The second-order valence-corrected chi connectivity index (χ2v) is 6.29. The molecule has 0 saturated heterocycles. The number of carbonyl (C=O) groups excluding carboxylic acids is 1. The van der Waals surface area contributed by atoms with Crippen molar-refractivity contribution in [3.05, 3.63) is 71.4 Å². The van der Waals surface area contributed by atoms with E-state index in [4.69, 9.17) is 13.9 Å². The molecule has 0 saturated carbocycles. The van der Waals surface area contributed by atoms with Gasteiger partial charge in [0.1, 0.15) is 0 Å². The van der Waals surface area contributed by atoms with Gasteiger partial charge in [-0.15, -0.1) is 10.2 Å². The Kier molecular flexibility index (Phi) is 4.74. The maximum Gasteiger partial charge on any atom is 0.231 e. The van der Waals surface area contributed by atoms with Crippen molar-refractivity contribution < 1.29 is 18.7 Å². The fraction of sp³-hybridized carbons (Fsp3) is 0.250. The average Bonchev–Trinajstić information content (AvgIpc) is 3.33. The van der Waals surface area contributed by atoms with E-state index in [1.807, 2.05) is 48.5 Å². The molecule has 0 fully saturated rings. The largest absolute Gasteiger partial charge is 0.454 e. The minimum absolute atomic E-state index is 0.0997. The van der Waals surface area contributed by atoms with E-state index in [1.165, 1.54) is 0 Å². The maximum absolute atomic E-state index is 12.6. The fourth-order valence-electron chi connectivity index (χ4n) is 2.99. The lowest BCUT2D eigenvalue weighted by Gasteiger charge is -2.14. The Hall–Kier alpha value is -3.35. The predicted molar refractivity (Wildman–Crippen MR) is 96.3 cm³/mol. The smallest absolute Gasteiger partial charge is 0.231 e. The van der Waals surface area contributed by atoms with E-state index in [1.54, 1.807) is 6.92 Å². The van der Waals surface area contributed by atoms with Gasteiger partial charge < -0.3 is 19.2 Å². The second-order valence-electron chi connectivity index (χ2n) is 6.29. The molecule has 0 bridgehead atoms. The monoisotopic (exact) mass is 365 g/mol. The van der Waals surface area contributed by atoms with E-state index in [0.29, 0.717) is 24.1 Å². The summed E-state index contributed by atoms with van der Waals surface area (Å²) in [6, 6.07) is 15.3. The molecule has 1 unspecified atom stereocenters. The Morgan fingerprint density at radius 1 is 1.11 bits per heavy atom. The van der Waals surface area contributed by atoms with Crippen LogP contribution in [0.4, 0.5) is 0 Å². The van der Waals surface area contributed by atoms with E-state index < -0.39 is 0 Å². The highest BCUT2D eigenvalue weighted by atomic mass is 16.7. The summed E-state index contributed by atoms with van der Waals surface area (Å²) >= 11 is 0. The summed E-state index contributed by atoms with van der Waals surface area (Å²) in [5.74, 6) is 1.95. The average molecular weight is 365 g/mol. The molecule has 0 aliphatic carbocycles. The minimum atomic E-state index is -0.288. The van der Waals surface area contributed by atoms with Gasteiger partial charge in [-0.2, -0.15) is 0 Å². The van der Waals surface area contributed by atoms with Crippen molar-refractivity contribution in [1.82, 2.24) is 15.5 Å². The fourth-order valence-corrected chi connectivity index (χ4v) is 2.99. The van der Waals surface area contributed by atoms with Crippen LogP contribution in [-0.2, 0) is 11.3 Å². The summed E-state index contributed by atoms with van der Waals surface area (Å²) in [6.07, 6.45) is 0.218. The lowest BCUT2D eigenvalue weighted by Crippen LogP contribution is -2.25. The summed E-state index contributed by atoms with van der Waals surface area (Å²) in [7, 11) is 0. The second kappa shape index (κ2) is 7.49. The van der Waals surface area contributed by atoms with Gasteiger partial charge in [-0.3, -0.25) is 4.79 Å². The van der Waals surface area contributed by atoms with Crippen LogP contribution in [-0.4, -0.2) is 22.9 Å². The first-order valence-electron chi connectivity index (χ1n) is 8.69. The van der Waals surface area contributed by atoms with Gasteiger partial charge in [-0.05, 0) is 23.3 Å². The molecule has 0 radical (unpaired) electrons. The van der Waals surface area contributed by atoms with E-state index >= 15 is 0 Å². The molecule has 27 heavy (non-hydrogen) atoms. The van der Waals surface area contributed by atoms with Crippen LogP contribution < -0.4 is 14.8 Å². The molecule has 4 rings (SSSR count). The van der Waals surface area contributed by atoms with Crippen molar-refractivity contribution in [3.63, 3.8) is 0 Å². The van der Waals surface area contributed by atoms with Gasteiger partial charge in [0.25, 0.3) is 0 Å². The van der Waals surface area contributed by atoms with Gasteiger partial charge in [-0.1, -0.05) is 36.4 Å². The third kappa shape index (κ3) is 3.92. The summed E-state index contributed by atoms with van der Waals surface area (Å²) in [6.45, 7) is 2.37. The number of aromatic nitrogens is 2. The number of carbonyl (C=O) groups is 1. The third-order valence-corrected chi connectivity index (χ3v) is 4.36. The number of hydrogen-bond donors (Lipinski definition) is 1. The van der Waals surface area contributed by atoms with Gasteiger partial charge in [0.2, 0.25) is 24.5 Å². The molecule has 3 aromatic rings. The number of aryl methyl sites for hydroxylation is 1. The standard InChI is InChI=1S/C20H19N3O4/c1-13-22-23-20(27-13)16(15-5-3-2-4-6-15)10-19(24)21-11-14-7-8-17-18(9-14)26-12-25-17/h2-9,16H,10-12H2,1H3,(H,21,24). The molecule has 7 nitrogen and oxygen atoms in total. The van der Waals surface area contributed by atoms with Crippen molar-refractivity contribution in [3.8, 4) is 11.5 Å². The molecule has 1 amide bonds. The highest BCUT2D eigenvalue weighted by molar-refractivity contribution is 5.77. The number of hydrogen-bond acceptors (Lipinski definition) is 6. The molecule has 1 aromatic heterocycles. The molecule has 138 valence electrons. The summed E-state index contributed by atoms with van der Waals surface area (Å²) in [5, 5.41) is 10.9. The van der Waals surface area contributed by atoms with Crippen LogP contribution in [0.3, 0.4) is 0 Å². The molecule has 2 aromatic carbocycles. The summed E-state index contributed by atoms with van der Waals surface area (Å²) < 4.78 is 16.2. The Bertz CT molecular complexity index is 939. The number of benzene rings is 2. The molecule has 0 spiro atoms. The van der Waals surface area contributed by atoms with Gasteiger partial charge in [0, 0.05) is 19.9 Å². The van der Waals surface area contributed by atoms with Gasteiger partial charge in [-0.25, -0.2) is 0 Å². The topological polar surface area (TPSA) is 86.5 Å². The van der Waals surface area contributed by atoms with Crippen LogP contribution in [0, 0.1) is 6.92 Å². The van der Waals surface area contributed by atoms with Crippen LogP contribution in [0.15, 0.2) is 52.9 Å². The zero-order chi connectivity index (χ0) is 18.6. The first kappa shape index (κ1) is 17.1. The van der Waals surface area contributed by atoms with Gasteiger partial charge >= 0.3 is 0 Å². The zero-order valence-corrected chi connectivity index (χ0v) is 14.8. The molecule has 1 atom stereocenters. The number of amides is 1. The number of nitrogens with zero attached hydrogens (tertiary/aromatic N) is 2. The van der Waals surface area contributed by atoms with E-state index in [-0.39, 0.29) is 25.0 Å². The van der Waals surface area contributed by atoms with Gasteiger partial charge in [0.05, 0.1) is 5.92 Å². The highest BCUT2D eigenvalue weighted by Crippen LogP contribution is 2.32. The van der Waals surface area contributed by atoms with E-state index in [9.17, 15) is 4.79 Å². The summed E-state index contributed by atoms with van der Waals surface area (Å²) in [5.41, 5.74) is 1.90. The number of ether oxygens (including phenoxy) is 2. The quantitative estimate of drug-likeness (QED) is 0.723. The zero-order valence-electron chi connectivity index (χ0n) is 14.8. The number of nitrogens with one attached hydrogen (secondary N) is 1.